The Hall–Kier alpha value is -0.570. The normalized spacial score (nSPS) is 49.4. The van der Waals surface area contributed by atoms with Gasteiger partial charge in [-0.3, -0.25) is 0 Å². The molecule has 3 nitrogen and oxygen atoms in total. The van der Waals surface area contributed by atoms with E-state index in [9.17, 15) is 4.79 Å². The van der Waals surface area contributed by atoms with Crippen LogP contribution in [0.15, 0.2) is 0 Å². The highest BCUT2D eigenvalue weighted by Gasteiger charge is 2.73. The lowest BCUT2D eigenvalue weighted by Gasteiger charge is -2.46. The van der Waals surface area contributed by atoms with Gasteiger partial charge in [0.25, 0.3) is 0 Å². The van der Waals surface area contributed by atoms with Crippen molar-refractivity contribution in [2.24, 2.45) is 11.8 Å². The molecule has 0 aromatic carbocycles. The molecule has 0 radical (unpaired) electrons. The van der Waals surface area contributed by atoms with Gasteiger partial charge in [0.15, 0.2) is 6.10 Å². The third kappa shape index (κ3) is 0.937. The van der Waals surface area contributed by atoms with Crippen molar-refractivity contribution in [3.8, 4) is 0 Å². The molecule has 1 aliphatic heterocycles. The monoisotopic (exact) mass is 196 g/mol. The Morgan fingerprint density at radius 2 is 2.21 bits per heavy atom. The molecule has 1 saturated heterocycles. The molecule has 0 aromatic rings. The number of epoxide rings is 1. The van der Waals surface area contributed by atoms with Crippen LogP contribution in [0.25, 0.3) is 0 Å². The van der Waals surface area contributed by atoms with Crippen molar-refractivity contribution >= 4 is 5.97 Å². The second kappa shape index (κ2) is 2.72. The molecule has 0 bridgehead atoms. The Morgan fingerprint density at radius 3 is 2.93 bits per heavy atom. The lowest BCUT2D eigenvalue weighted by atomic mass is 9.57. The van der Waals surface area contributed by atoms with Gasteiger partial charge in [0.1, 0.15) is 5.60 Å². The standard InChI is InChI=1S/C11H16O3/c1-13-10(12)9-11(14-9)6-7-4-2-3-5-8(7)11/h7-9H,2-6H2,1H3/t7-,8-,9?,11?/m0/s1. The minimum absolute atomic E-state index is 0.0712. The molecular formula is C11H16O3. The summed E-state index contributed by atoms with van der Waals surface area (Å²) in [5.41, 5.74) is -0.0712. The Morgan fingerprint density at radius 1 is 1.43 bits per heavy atom. The SMILES string of the molecule is COC(=O)C1OC12C[C@@H]1CCCC[C@@H]12. The highest BCUT2D eigenvalue weighted by molar-refractivity contribution is 5.79. The molecule has 3 heteroatoms. The predicted molar refractivity (Wildman–Crippen MR) is 49.7 cm³/mol. The molecule has 3 fully saturated rings. The summed E-state index contributed by atoms with van der Waals surface area (Å²) in [4.78, 5) is 11.3. The van der Waals surface area contributed by atoms with E-state index in [2.05, 4.69) is 0 Å². The average molecular weight is 196 g/mol. The van der Waals surface area contributed by atoms with E-state index in [1.807, 2.05) is 0 Å². The summed E-state index contributed by atoms with van der Waals surface area (Å²) in [7, 11) is 1.44. The maximum absolute atomic E-state index is 11.3. The number of methoxy groups -OCH3 is 1. The third-order valence-electron chi connectivity index (χ3n) is 4.26. The maximum Gasteiger partial charge on any atom is 0.338 e. The largest absolute Gasteiger partial charge is 0.467 e. The average Bonchev–Trinajstić information content (AvgIpc) is 2.93. The second-order valence-corrected chi connectivity index (χ2v) is 4.83. The van der Waals surface area contributed by atoms with E-state index >= 15 is 0 Å². The quantitative estimate of drug-likeness (QED) is 0.471. The predicted octanol–water partition coefficient (Wildman–Crippen LogP) is 1.51. The highest BCUT2D eigenvalue weighted by atomic mass is 16.7. The van der Waals surface area contributed by atoms with Crippen LogP contribution in [0.2, 0.25) is 0 Å². The summed E-state index contributed by atoms with van der Waals surface area (Å²) in [6.45, 7) is 0. The van der Waals surface area contributed by atoms with E-state index in [0.717, 1.165) is 12.3 Å². The van der Waals surface area contributed by atoms with Gasteiger partial charge in [0.05, 0.1) is 7.11 Å². The molecule has 3 rings (SSSR count). The summed E-state index contributed by atoms with van der Waals surface area (Å²) in [6, 6.07) is 0. The van der Waals surface area contributed by atoms with Crippen LogP contribution in [-0.4, -0.2) is 24.8 Å². The third-order valence-corrected chi connectivity index (χ3v) is 4.26. The van der Waals surface area contributed by atoms with E-state index in [-0.39, 0.29) is 17.7 Å². The van der Waals surface area contributed by atoms with Crippen molar-refractivity contribution in [1.29, 1.82) is 0 Å². The summed E-state index contributed by atoms with van der Waals surface area (Å²) in [6.07, 6.45) is 6.12. The number of hydrogen-bond donors (Lipinski definition) is 0. The Balaban J connectivity index is 1.69. The molecule has 4 atom stereocenters. The molecule has 2 unspecified atom stereocenters. The molecule has 0 aromatic heterocycles. The van der Waals surface area contributed by atoms with E-state index in [1.165, 1.54) is 32.8 Å². The molecule has 2 saturated carbocycles. The first-order chi connectivity index (χ1) is 6.78. The smallest absolute Gasteiger partial charge is 0.338 e. The molecular weight excluding hydrogens is 180 g/mol. The van der Waals surface area contributed by atoms with Crippen molar-refractivity contribution in [3.63, 3.8) is 0 Å². The summed E-state index contributed by atoms with van der Waals surface area (Å²) in [5, 5.41) is 0. The van der Waals surface area contributed by atoms with Crippen molar-refractivity contribution in [1.82, 2.24) is 0 Å². The second-order valence-electron chi connectivity index (χ2n) is 4.83. The van der Waals surface area contributed by atoms with Crippen LogP contribution in [0.4, 0.5) is 0 Å². The number of hydrogen-bond acceptors (Lipinski definition) is 3. The van der Waals surface area contributed by atoms with Gasteiger partial charge in [-0.15, -0.1) is 0 Å². The zero-order valence-corrected chi connectivity index (χ0v) is 8.49. The number of carbonyl (C=O) groups is 1. The maximum atomic E-state index is 11.3. The highest BCUT2D eigenvalue weighted by Crippen LogP contribution is 2.64. The van der Waals surface area contributed by atoms with Crippen LogP contribution >= 0.6 is 0 Å². The summed E-state index contributed by atoms with van der Waals surface area (Å²) >= 11 is 0. The number of fused-ring (bicyclic) bond motifs is 2. The van der Waals surface area contributed by atoms with Crippen molar-refractivity contribution in [2.75, 3.05) is 7.11 Å². The van der Waals surface area contributed by atoms with Gasteiger partial charge < -0.3 is 9.47 Å². The van der Waals surface area contributed by atoms with Gasteiger partial charge in [-0.1, -0.05) is 12.8 Å². The van der Waals surface area contributed by atoms with Crippen molar-refractivity contribution in [2.45, 2.75) is 43.8 Å². The topological polar surface area (TPSA) is 38.8 Å². The molecule has 2 aliphatic carbocycles. The van der Waals surface area contributed by atoms with Gasteiger partial charge in [0, 0.05) is 0 Å². The van der Waals surface area contributed by atoms with Crippen LogP contribution in [-0.2, 0) is 14.3 Å². The number of carbonyl (C=O) groups excluding carboxylic acids is 1. The summed E-state index contributed by atoms with van der Waals surface area (Å²) < 4.78 is 10.3. The minimum Gasteiger partial charge on any atom is -0.467 e. The number of ether oxygens (including phenoxy) is 2. The summed E-state index contributed by atoms with van der Waals surface area (Å²) in [5.74, 6) is 1.31. The first-order valence-electron chi connectivity index (χ1n) is 5.53. The van der Waals surface area contributed by atoms with Crippen LogP contribution in [0.1, 0.15) is 32.1 Å². The van der Waals surface area contributed by atoms with Crippen molar-refractivity contribution < 1.29 is 14.3 Å². The first kappa shape index (κ1) is 8.72. The van der Waals surface area contributed by atoms with Gasteiger partial charge in [0.2, 0.25) is 0 Å². The minimum atomic E-state index is -0.230. The molecule has 1 heterocycles. The Labute approximate surface area is 83.8 Å². The van der Waals surface area contributed by atoms with E-state index in [1.54, 1.807) is 0 Å². The zero-order valence-electron chi connectivity index (χ0n) is 8.49. The first-order valence-corrected chi connectivity index (χ1v) is 5.53. The molecule has 78 valence electrons. The van der Waals surface area contributed by atoms with Gasteiger partial charge in [-0.2, -0.15) is 0 Å². The van der Waals surface area contributed by atoms with E-state index < -0.39 is 0 Å². The van der Waals surface area contributed by atoms with Gasteiger partial charge in [-0.25, -0.2) is 4.79 Å². The lowest BCUT2D eigenvalue weighted by Crippen LogP contribution is -2.49. The van der Waals surface area contributed by atoms with Crippen LogP contribution < -0.4 is 0 Å². The van der Waals surface area contributed by atoms with E-state index in [4.69, 9.17) is 9.47 Å². The lowest BCUT2D eigenvalue weighted by molar-refractivity contribution is -0.142. The molecule has 1 spiro atoms. The Kier molecular flexibility index (Phi) is 1.69. The fourth-order valence-electron chi connectivity index (χ4n) is 3.47. The Bertz CT molecular complexity index is 276. The molecule has 0 amide bonds. The fraction of sp³-hybridized carbons (Fsp3) is 0.909. The fourth-order valence-corrected chi connectivity index (χ4v) is 3.47. The zero-order chi connectivity index (χ0) is 9.76. The van der Waals surface area contributed by atoms with Crippen LogP contribution in [0.3, 0.4) is 0 Å². The molecule has 14 heavy (non-hydrogen) atoms. The number of esters is 1. The molecule has 3 aliphatic rings. The number of rotatable bonds is 1. The van der Waals surface area contributed by atoms with Crippen LogP contribution in [0.5, 0.6) is 0 Å². The van der Waals surface area contributed by atoms with Gasteiger partial charge in [-0.05, 0) is 31.1 Å². The van der Waals surface area contributed by atoms with Crippen molar-refractivity contribution in [3.05, 3.63) is 0 Å². The van der Waals surface area contributed by atoms with E-state index in [0.29, 0.717) is 5.92 Å². The van der Waals surface area contributed by atoms with Gasteiger partial charge >= 0.3 is 5.97 Å². The van der Waals surface area contributed by atoms with Crippen LogP contribution in [0, 0.1) is 11.8 Å². The molecule has 0 N–H and O–H groups in total.